The maximum absolute atomic E-state index is 13.2. The van der Waals surface area contributed by atoms with E-state index in [4.69, 9.17) is 25.2 Å². The minimum Gasteiger partial charge on any atom is -0.497 e. The molecule has 1 unspecified atom stereocenters. The zero-order valence-corrected chi connectivity index (χ0v) is 17.2. The summed E-state index contributed by atoms with van der Waals surface area (Å²) < 4.78 is 12.7. The fraction of sp³-hybridized carbons (Fsp3) is 0.261. The van der Waals surface area contributed by atoms with Crippen molar-refractivity contribution < 1.29 is 14.3 Å². The van der Waals surface area contributed by atoms with Gasteiger partial charge in [-0.1, -0.05) is 18.2 Å². The highest BCUT2D eigenvalue weighted by molar-refractivity contribution is 6.11. The SMILES string of the molecule is COc1cccc(-n2c(N)c(C(=O)NCC3CCCO3)c3nc4ccccc4nc32)c1. The molecule has 2 aromatic carbocycles. The van der Waals surface area contributed by atoms with E-state index < -0.39 is 0 Å². The van der Waals surface area contributed by atoms with Crippen molar-refractivity contribution in [3.8, 4) is 11.4 Å². The van der Waals surface area contributed by atoms with E-state index in [0.29, 0.717) is 34.5 Å². The van der Waals surface area contributed by atoms with Crippen LogP contribution in [0.5, 0.6) is 5.75 Å². The molecule has 1 saturated heterocycles. The molecule has 3 N–H and O–H groups in total. The number of hydrogen-bond acceptors (Lipinski definition) is 6. The third-order valence-corrected chi connectivity index (χ3v) is 5.55. The molecule has 5 rings (SSSR count). The summed E-state index contributed by atoms with van der Waals surface area (Å²) in [5.74, 6) is 0.671. The van der Waals surface area contributed by atoms with Gasteiger partial charge in [0.25, 0.3) is 5.91 Å². The summed E-state index contributed by atoms with van der Waals surface area (Å²) in [6.07, 6.45) is 1.98. The first-order valence-corrected chi connectivity index (χ1v) is 10.3. The van der Waals surface area contributed by atoms with Gasteiger partial charge in [-0.15, -0.1) is 0 Å². The van der Waals surface area contributed by atoms with E-state index in [1.807, 2.05) is 48.5 Å². The van der Waals surface area contributed by atoms with Gasteiger partial charge in [0.2, 0.25) is 0 Å². The van der Waals surface area contributed by atoms with Crippen LogP contribution in [0.4, 0.5) is 5.82 Å². The van der Waals surface area contributed by atoms with Crippen LogP contribution in [-0.2, 0) is 4.74 Å². The van der Waals surface area contributed by atoms with Gasteiger partial charge in [0.05, 0.1) is 29.9 Å². The maximum Gasteiger partial charge on any atom is 0.257 e. The zero-order chi connectivity index (χ0) is 21.4. The topological polar surface area (TPSA) is 104 Å². The first-order valence-electron chi connectivity index (χ1n) is 10.3. The van der Waals surface area contributed by atoms with Crippen LogP contribution in [0.1, 0.15) is 23.2 Å². The molecular weight excluding hydrogens is 394 g/mol. The third-order valence-electron chi connectivity index (χ3n) is 5.55. The van der Waals surface area contributed by atoms with Gasteiger partial charge in [0, 0.05) is 19.2 Å². The van der Waals surface area contributed by atoms with Crippen molar-refractivity contribution in [3.63, 3.8) is 0 Å². The van der Waals surface area contributed by atoms with Crippen molar-refractivity contribution in [2.75, 3.05) is 26.0 Å². The van der Waals surface area contributed by atoms with Crippen molar-refractivity contribution in [2.24, 2.45) is 0 Å². The number of rotatable bonds is 5. The van der Waals surface area contributed by atoms with Crippen molar-refractivity contribution >= 4 is 33.9 Å². The van der Waals surface area contributed by atoms with Crippen molar-refractivity contribution in [2.45, 2.75) is 18.9 Å². The molecule has 1 aliphatic rings. The Kier molecular flexibility index (Phi) is 4.91. The molecule has 31 heavy (non-hydrogen) atoms. The highest BCUT2D eigenvalue weighted by Crippen LogP contribution is 2.32. The Hall–Kier alpha value is -3.65. The minimum absolute atomic E-state index is 0.0313. The van der Waals surface area contributed by atoms with Gasteiger partial charge < -0.3 is 20.5 Å². The first-order chi connectivity index (χ1) is 15.2. The van der Waals surface area contributed by atoms with Crippen LogP contribution in [0.3, 0.4) is 0 Å². The largest absolute Gasteiger partial charge is 0.497 e. The number of nitrogens with zero attached hydrogens (tertiary/aromatic N) is 3. The summed E-state index contributed by atoms with van der Waals surface area (Å²) in [5.41, 5.74) is 10.00. The van der Waals surface area contributed by atoms with Gasteiger partial charge in [-0.3, -0.25) is 9.36 Å². The molecule has 0 spiro atoms. The molecule has 3 heterocycles. The zero-order valence-electron chi connectivity index (χ0n) is 17.2. The number of para-hydroxylation sites is 2. The van der Waals surface area contributed by atoms with Gasteiger partial charge in [0.15, 0.2) is 5.65 Å². The Morgan fingerprint density at radius 1 is 1.23 bits per heavy atom. The van der Waals surface area contributed by atoms with Gasteiger partial charge in [0.1, 0.15) is 22.6 Å². The Balaban J connectivity index is 1.67. The first kappa shape index (κ1) is 19.3. The quantitative estimate of drug-likeness (QED) is 0.517. The van der Waals surface area contributed by atoms with Crippen LogP contribution < -0.4 is 15.8 Å². The average Bonchev–Trinajstić information content (AvgIpc) is 3.41. The van der Waals surface area contributed by atoms with Crippen LogP contribution >= 0.6 is 0 Å². The number of benzene rings is 2. The molecule has 8 heteroatoms. The van der Waals surface area contributed by atoms with Gasteiger partial charge in [-0.25, -0.2) is 9.97 Å². The van der Waals surface area contributed by atoms with E-state index in [1.54, 1.807) is 11.7 Å². The van der Waals surface area contributed by atoms with E-state index >= 15 is 0 Å². The van der Waals surface area contributed by atoms with Crippen LogP contribution in [0.25, 0.3) is 27.9 Å². The van der Waals surface area contributed by atoms with Crippen molar-refractivity contribution in [1.29, 1.82) is 0 Å². The molecule has 0 bridgehead atoms. The highest BCUT2D eigenvalue weighted by Gasteiger charge is 2.26. The Bertz CT molecular complexity index is 1280. The smallest absolute Gasteiger partial charge is 0.257 e. The summed E-state index contributed by atoms with van der Waals surface area (Å²) >= 11 is 0. The van der Waals surface area contributed by atoms with Gasteiger partial charge >= 0.3 is 0 Å². The molecule has 0 saturated carbocycles. The van der Waals surface area contributed by atoms with Crippen LogP contribution in [-0.4, -0.2) is 46.8 Å². The number of ether oxygens (including phenoxy) is 2. The van der Waals surface area contributed by atoms with E-state index in [9.17, 15) is 4.79 Å². The summed E-state index contributed by atoms with van der Waals surface area (Å²) in [6, 6.07) is 15.0. The number of fused-ring (bicyclic) bond motifs is 2. The van der Waals surface area contributed by atoms with Crippen LogP contribution in [0, 0.1) is 0 Å². The number of hydrogen-bond donors (Lipinski definition) is 2. The molecule has 1 fully saturated rings. The molecule has 2 aromatic heterocycles. The lowest BCUT2D eigenvalue weighted by molar-refractivity contribution is 0.0859. The number of anilines is 1. The second-order valence-electron chi connectivity index (χ2n) is 7.53. The summed E-state index contributed by atoms with van der Waals surface area (Å²) in [6.45, 7) is 1.17. The van der Waals surface area contributed by atoms with Crippen LogP contribution in [0.15, 0.2) is 48.5 Å². The lowest BCUT2D eigenvalue weighted by Crippen LogP contribution is -2.32. The van der Waals surface area contributed by atoms with E-state index in [0.717, 1.165) is 30.7 Å². The standard InChI is InChI=1S/C23H23N5O3/c1-30-15-7-4-6-14(12-15)28-21(24)19(23(29)25-13-16-8-5-11-31-16)20-22(28)27-18-10-3-2-9-17(18)26-20/h2-4,6-7,9-10,12,16H,5,8,11,13,24H2,1H3,(H,25,29). The molecule has 1 aliphatic heterocycles. The van der Waals surface area contributed by atoms with Crippen molar-refractivity contribution in [1.82, 2.24) is 19.9 Å². The fourth-order valence-electron chi connectivity index (χ4n) is 4.00. The average molecular weight is 417 g/mol. The monoisotopic (exact) mass is 417 g/mol. The normalized spacial score (nSPS) is 16.1. The molecule has 158 valence electrons. The fourth-order valence-corrected chi connectivity index (χ4v) is 4.00. The number of nitrogen functional groups attached to an aromatic ring is 1. The third kappa shape index (κ3) is 3.44. The molecule has 8 nitrogen and oxygen atoms in total. The van der Waals surface area contributed by atoms with E-state index in [-0.39, 0.29) is 17.8 Å². The van der Waals surface area contributed by atoms with Gasteiger partial charge in [-0.05, 0) is 37.1 Å². The number of aromatic nitrogens is 3. The molecule has 4 aromatic rings. The Morgan fingerprint density at radius 2 is 2.03 bits per heavy atom. The molecule has 0 aliphatic carbocycles. The predicted molar refractivity (Wildman–Crippen MR) is 119 cm³/mol. The number of nitrogens with one attached hydrogen (secondary N) is 1. The predicted octanol–water partition coefficient (Wildman–Crippen LogP) is 3.07. The lowest BCUT2D eigenvalue weighted by atomic mass is 10.2. The lowest BCUT2D eigenvalue weighted by Gasteiger charge is -2.11. The number of carbonyl (C=O) groups is 1. The van der Waals surface area contributed by atoms with Gasteiger partial charge in [-0.2, -0.15) is 0 Å². The van der Waals surface area contributed by atoms with Crippen molar-refractivity contribution in [3.05, 3.63) is 54.1 Å². The van der Waals surface area contributed by atoms with E-state index in [2.05, 4.69) is 5.32 Å². The van der Waals surface area contributed by atoms with Crippen LogP contribution in [0.2, 0.25) is 0 Å². The summed E-state index contributed by atoms with van der Waals surface area (Å²) in [5, 5.41) is 2.96. The highest BCUT2D eigenvalue weighted by atomic mass is 16.5. The number of amides is 1. The second kappa shape index (κ2) is 7.88. The van der Waals surface area contributed by atoms with E-state index in [1.165, 1.54) is 0 Å². The molecular formula is C23H23N5O3. The minimum atomic E-state index is -0.288. The Labute approximate surface area is 179 Å². The second-order valence-corrected chi connectivity index (χ2v) is 7.53. The molecule has 0 radical (unpaired) electrons. The summed E-state index contributed by atoms with van der Waals surface area (Å²) in [4.78, 5) is 22.7. The maximum atomic E-state index is 13.2. The molecule has 1 atom stereocenters. The number of nitrogens with two attached hydrogens (primary N) is 1. The molecule has 1 amide bonds. The summed E-state index contributed by atoms with van der Waals surface area (Å²) in [7, 11) is 1.60. The number of methoxy groups -OCH3 is 1. The Morgan fingerprint density at radius 3 is 2.77 bits per heavy atom. The number of carbonyl (C=O) groups excluding carboxylic acids is 1.